The Morgan fingerprint density at radius 1 is 0.943 bits per heavy atom. The van der Waals surface area contributed by atoms with Gasteiger partial charge in [-0.25, -0.2) is 4.79 Å². The Hall–Kier alpha value is -3.92. The van der Waals surface area contributed by atoms with E-state index < -0.39 is 21.8 Å². The largest absolute Gasteiger partial charge is 0.496 e. The molecule has 8 nitrogen and oxygen atoms in total. The van der Waals surface area contributed by atoms with E-state index in [1.807, 2.05) is 32.9 Å². The Labute approximate surface area is 201 Å². The zero-order chi connectivity index (χ0) is 25.5. The van der Waals surface area contributed by atoms with Crippen molar-refractivity contribution in [1.29, 1.82) is 0 Å². The van der Waals surface area contributed by atoms with Gasteiger partial charge in [-0.05, 0) is 52.1 Å². The third kappa shape index (κ3) is 5.12. The maximum absolute atomic E-state index is 12.9. The molecule has 0 fully saturated rings. The third-order valence-electron chi connectivity index (χ3n) is 5.51. The number of methoxy groups -OCH3 is 1. The predicted octanol–water partition coefficient (Wildman–Crippen LogP) is 4.25. The van der Waals surface area contributed by atoms with Gasteiger partial charge >= 0.3 is 16.2 Å². The number of ether oxygens (including phenoxy) is 1. The molecule has 0 amide bonds. The lowest BCUT2D eigenvalue weighted by Gasteiger charge is -2.25. The second-order valence-corrected chi connectivity index (χ2v) is 9.96. The first-order chi connectivity index (χ1) is 16.4. The lowest BCUT2D eigenvalue weighted by molar-refractivity contribution is 0.399. The van der Waals surface area contributed by atoms with Crippen molar-refractivity contribution in [2.75, 3.05) is 7.11 Å². The summed E-state index contributed by atoms with van der Waals surface area (Å²) in [5, 5.41) is 1.38. The van der Waals surface area contributed by atoms with Gasteiger partial charge in [-0.15, -0.1) is 0 Å². The van der Waals surface area contributed by atoms with E-state index in [0.717, 1.165) is 16.5 Å². The number of fused-ring (bicyclic) bond motifs is 1. The van der Waals surface area contributed by atoms with Crippen LogP contribution in [0, 0.1) is 0 Å². The number of H-pyrrole nitrogens is 1. The Bertz CT molecular complexity index is 1670. The molecule has 0 saturated carbocycles. The van der Waals surface area contributed by atoms with Crippen LogP contribution in [0.2, 0.25) is 0 Å². The highest BCUT2D eigenvalue weighted by molar-refractivity contribution is 7.81. The molecule has 10 heteroatoms. The number of hydrogen-bond donors (Lipinski definition) is 1. The first-order valence-electron chi connectivity index (χ1n) is 10.6. The average Bonchev–Trinajstić information content (AvgIpc) is 2.76. The van der Waals surface area contributed by atoms with Crippen molar-refractivity contribution >= 4 is 21.3 Å². The van der Waals surface area contributed by atoms with Crippen LogP contribution in [0.25, 0.3) is 27.6 Å². The summed E-state index contributed by atoms with van der Waals surface area (Å²) >= 11 is 0. The number of aromatic nitrogens is 2. The monoisotopic (exact) mass is 498 g/mol. The molecular weight excluding hydrogens is 475 g/mol. The minimum absolute atomic E-state index is 0.139. The second-order valence-electron chi connectivity index (χ2n) is 9.00. The number of nitrogens with one attached hydrogen (secondary N) is 1. The smallest absolute Gasteiger partial charge is 0.488 e. The van der Waals surface area contributed by atoms with E-state index in [0.29, 0.717) is 22.4 Å². The van der Waals surface area contributed by atoms with Crippen LogP contribution in [0.1, 0.15) is 26.3 Å². The normalized spacial score (nSPS) is 12.0. The van der Waals surface area contributed by atoms with Gasteiger partial charge in [0.2, 0.25) is 0 Å². The van der Waals surface area contributed by atoms with Gasteiger partial charge in [0.05, 0.1) is 12.8 Å². The zero-order valence-corrected chi connectivity index (χ0v) is 20.3. The van der Waals surface area contributed by atoms with Gasteiger partial charge in [0.15, 0.2) is 0 Å². The summed E-state index contributed by atoms with van der Waals surface area (Å²) < 4.78 is 46.0. The van der Waals surface area contributed by atoms with E-state index in [-0.39, 0.29) is 11.2 Å². The minimum atomic E-state index is -5.13. The Kier molecular flexibility index (Phi) is 6.02. The van der Waals surface area contributed by atoms with Gasteiger partial charge in [-0.1, -0.05) is 42.9 Å². The van der Waals surface area contributed by atoms with Crippen molar-refractivity contribution in [2.45, 2.75) is 26.2 Å². The van der Waals surface area contributed by atoms with Gasteiger partial charge in [0.1, 0.15) is 11.5 Å². The van der Waals surface area contributed by atoms with Crippen molar-refractivity contribution in [3.8, 4) is 28.3 Å². The maximum atomic E-state index is 12.9. The number of halogens is 1. The molecule has 4 aromatic rings. The van der Waals surface area contributed by atoms with Gasteiger partial charge in [0.25, 0.3) is 5.56 Å². The first-order valence-corrected chi connectivity index (χ1v) is 11.9. The highest BCUT2D eigenvalue weighted by Crippen LogP contribution is 2.41. The Balaban J connectivity index is 1.94. The van der Waals surface area contributed by atoms with Gasteiger partial charge in [-0.3, -0.25) is 14.3 Å². The fraction of sp³-hybridized carbons (Fsp3) is 0.200. The van der Waals surface area contributed by atoms with E-state index >= 15 is 0 Å². The lowest BCUT2D eigenvalue weighted by Crippen LogP contribution is -2.27. The number of benzene rings is 3. The molecule has 0 radical (unpaired) electrons. The lowest BCUT2D eigenvalue weighted by atomic mass is 9.83. The highest BCUT2D eigenvalue weighted by Gasteiger charge is 2.24. The molecule has 1 heterocycles. The van der Waals surface area contributed by atoms with E-state index in [1.54, 1.807) is 31.4 Å². The fourth-order valence-electron chi connectivity index (χ4n) is 3.92. The minimum Gasteiger partial charge on any atom is -0.496 e. The summed E-state index contributed by atoms with van der Waals surface area (Å²) in [6.07, 6.45) is 1.42. The van der Waals surface area contributed by atoms with Crippen LogP contribution in [-0.4, -0.2) is 25.1 Å². The molecule has 0 bridgehead atoms. The van der Waals surface area contributed by atoms with Crippen molar-refractivity contribution in [3.63, 3.8) is 0 Å². The summed E-state index contributed by atoms with van der Waals surface area (Å²) in [4.78, 5) is 26.3. The molecule has 0 atom stereocenters. The van der Waals surface area contributed by atoms with E-state index in [9.17, 15) is 21.9 Å². The van der Waals surface area contributed by atoms with Crippen LogP contribution in [0.15, 0.2) is 70.4 Å². The van der Waals surface area contributed by atoms with Crippen molar-refractivity contribution in [1.82, 2.24) is 9.55 Å². The van der Waals surface area contributed by atoms with Crippen molar-refractivity contribution in [3.05, 3.63) is 87.2 Å². The van der Waals surface area contributed by atoms with Crippen LogP contribution in [0.5, 0.6) is 11.5 Å². The summed E-state index contributed by atoms with van der Waals surface area (Å²) in [5.41, 5.74) is 1.47. The van der Waals surface area contributed by atoms with Gasteiger partial charge in [0, 0.05) is 23.4 Å². The average molecular weight is 499 g/mol. The molecule has 4 rings (SSSR count). The SMILES string of the molecule is COc1c(-c2ccc3cc(OS(=O)(=O)F)ccc3c2)cc(-n2ccc(=O)[nH]c2=O)cc1C(C)(C)C. The van der Waals surface area contributed by atoms with Crippen LogP contribution in [0.4, 0.5) is 3.89 Å². The van der Waals surface area contributed by atoms with Crippen LogP contribution in [-0.2, 0) is 15.9 Å². The summed E-state index contributed by atoms with van der Waals surface area (Å²) in [7, 11) is -3.56. The summed E-state index contributed by atoms with van der Waals surface area (Å²) in [6.45, 7) is 6.07. The highest BCUT2D eigenvalue weighted by atomic mass is 32.3. The van der Waals surface area contributed by atoms with E-state index in [4.69, 9.17) is 4.74 Å². The topological polar surface area (TPSA) is 107 Å². The maximum Gasteiger partial charge on any atom is 0.488 e. The number of nitrogens with zero attached hydrogens (tertiary/aromatic N) is 1. The molecule has 182 valence electrons. The molecule has 0 aliphatic heterocycles. The molecule has 1 N–H and O–H groups in total. The third-order valence-corrected chi connectivity index (χ3v) is 5.90. The van der Waals surface area contributed by atoms with Gasteiger partial charge in [-0.2, -0.15) is 8.42 Å². The number of hydrogen-bond acceptors (Lipinski definition) is 6. The molecule has 0 aliphatic carbocycles. The molecule has 0 spiro atoms. The van der Waals surface area contributed by atoms with E-state index in [2.05, 4.69) is 9.17 Å². The molecule has 0 unspecified atom stereocenters. The molecule has 0 saturated heterocycles. The Morgan fingerprint density at radius 3 is 2.26 bits per heavy atom. The fourth-order valence-corrected chi connectivity index (χ4v) is 4.26. The predicted molar refractivity (Wildman–Crippen MR) is 132 cm³/mol. The number of rotatable bonds is 5. The standard InChI is InChI=1S/C25H23FN2O6S/c1-25(2,3)21-14-18(28-10-9-22(29)27-24(28)30)13-20(23(21)33-4)17-6-5-16-12-19(34-35(26,31)32)8-7-15(16)11-17/h5-14H,1-4H3,(H,27,29,30). The van der Waals surface area contributed by atoms with Crippen molar-refractivity contribution in [2.24, 2.45) is 0 Å². The Morgan fingerprint density at radius 2 is 1.63 bits per heavy atom. The first kappa shape index (κ1) is 24.2. The second kappa shape index (κ2) is 8.70. The quantitative estimate of drug-likeness (QED) is 0.413. The molecule has 3 aromatic carbocycles. The summed E-state index contributed by atoms with van der Waals surface area (Å²) in [5.74, 6) is 0.487. The van der Waals surface area contributed by atoms with Crippen molar-refractivity contribution < 1.29 is 21.2 Å². The molecule has 0 aliphatic rings. The van der Waals surface area contributed by atoms with Crippen LogP contribution in [0.3, 0.4) is 0 Å². The summed E-state index contributed by atoms with van der Waals surface area (Å²) in [6, 6.07) is 14.7. The van der Waals surface area contributed by atoms with Gasteiger partial charge < -0.3 is 8.92 Å². The molecular formula is C25H23FN2O6S. The zero-order valence-electron chi connectivity index (χ0n) is 19.5. The number of aromatic amines is 1. The molecule has 35 heavy (non-hydrogen) atoms. The van der Waals surface area contributed by atoms with Crippen LogP contribution >= 0.6 is 0 Å². The molecule has 1 aromatic heterocycles. The van der Waals surface area contributed by atoms with Crippen LogP contribution < -0.4 is 20.2 Å². The van der Waals surface area contributed by atoms with E-state index in [1.165, 1.54) is 29.0 Å².